The number of hydrogen-bond acceptors (Lipinski definition) is 6. The van der Waals surface area contributed by atoms with Crippen molar-refractivity contribution in [3.05, 3.63) is 29.8 Å². The fourth-order valence-corrected chi connectivity index (χ4v) is 4.74. The molecular formula is C22H34N6O. The highest BCUT2D eigenvalue weighted by atomic mass is 16.5. The summed E-state index contributed by atoms with van der Waals surface area (Å²) in [7, 11) is 0. The van der Waals surface area contributed by atoms with Crippen molar-refractivity contribution in [1.29, 1.82) is 0 Å². The van der Waals surface area contributed by atoms with E-state index >= 15 is 0 Å². The van der Waals surface area contributed by atoms with Crippen molar-refractivity contribution in [3.63, 3.8) is 0 Å². The van der Waals surface area contributed by atoms with Crippen LogP contribution in [0.2, 0.25) is 0 Å². The number of aromatic nitrogens is 4. The van der Waals surface area contributed by atoms with Crippen LogP contribution < -0.4 is 4.90 Å². The van der Waals surface area contributed by atoms with Crippen molar-refractivity contribution in [2.24, 2.45) is 5.92 Å². The summed E-state index contributed by atoms with van der Waals surface area (Å²) in [5.74, 6) is 2.56. The molecule has 158 valence electrons. The maximum Gasteiger partial charge on any atom is 0.174 e. The lowest BCUT2D eigenvalue weighted by Crippen LogP contribution is -2.46. The smallest absolute Gasteiger partial charge is 0.174 e. The van der Waals surface area contributed by atoms with Gasteiger partial charge in [0, 0.05) is 31.9 Å². The SMILES string of the molecule is Cc1cc(C)n(-c2cncc(N3CCC(CCN4CC(C)OC(C)C4)CC3)n2)n1. The van der Waals surface area contributed by atoms with Crippen molar-refractivity contribution in [3.8, 4) is 5.82 Å². The molecule has 0 saturated carbocycles. The summed E-state index contributed by atoms with van der Waals surface area (Å²) in [6, 6.07) is 2.07. The zero-order valence-electron chi connectivity index (χ0n) is 18.2. The van der Waals surface area contributed by atoms with E-state index < -0.39 is 0 Å². The number of nitrogens with zero attached hydrogens (tertiary/aromatic N) is 6. The van der Waals surface area contributed by atoms with E-state index in [-0.39, 0.29) is 0 Å². The van der Waals surface area contributed by atoms with Crippen molar-refractivity contribution < 1.29 is 4.74 Å². The van der Waals surface area contributed by atoms with Gasteiger partial charge in [0.2, 0.25) is 0 Å². The van der Waals surface area contributed by atoms with Crippen molar-refractivity contribution >= 4 is 5.82 Å². The van der Waals surface area contributed by atoms with Gasteiger partial charge in [-0.2, -0.15) is 5.10 Å². The van der Waals surface area contributed by atoms with Gasteiger partial charge in [0.25, 0.3) is 0 Å². The third-order valence-electron chi connectivity index (χ3n) is 6.12. The molecule has 2 aliphatic rings. The Balaban J connectivity index is 1.31. The van der Waals surface area contributed by atoms with Crippen molar-refractivity contribution in [1.82, 2.24) is 24.6 Å². The maximum absolute atomic E-state index is 5.85. The molecule has 0 N–H and O–H groups in total. The normalized spacial score (nSPS) is 24.2. The van der Waals surface area contributed by atoms with Crippen molar-refractivity contribution in [2.75, 3.05) is 37.6 Å². The molecule has 0 radical (unpaired) electrons. The Bertz CT molecular complexity index is 803. The van der Waals surface area contributed by atoms with Gasteiger partial charge in [-0.25, -0.2) is 9.67 Å². The Hall–Kier alpha value is -1.99. The molecule has 2 saturated heterocycles. The number of morpholine rings is 1. The summed E-state index contributed by atoms with van der Waals surface area (Å²) >= 11 is 0. The van der Waals surface area contributed by atoms with E-state index in [1.807, 2.05) is 17.8 Å². The standard InChI is InChI=1S/C22H34N6O/c1-16-11-17(2)28(25-16)22-13-23-12-21(24-22)27-9-6-20(7-10-27)5-8-26-14-18(3)29-19(4)15-26/h11-13,18-20H,5-10,14-15H2,1-4H3. The zero-order valence-corrected chi connectivity index (χ0v) is 18.2. The fraction of sp³-hybridized carbons (Fsp3) is 0.682. The molecule has 7 heteroatoms. The lowest BCUT2D eigenvalue weighted by molar-refractivity contribution is -0.0690. The fourth-order valence-electron chi connectivity index (χ4n) is 4.74. The summed E-state index contributed by atoms with van der Waals surface area (Å²) in [4.78, 5) is 14.2. The molecule has 2 unspecified atom stereocenters. The molecular weight excluding hydrogens is 364 g/mol. The minimum absolute atomic E-state index is 0.355. The van der Waals surface area contributed by atoms with E-state index in [1.54, 1.807) is 6.20 Å². The molecule has 2 fully saturated rings. The lowest BCUT2D eigenvalue weighted by atomic mass is 9.93. The first-order chi connectivity index (χ1) is 14.0. The average molecular weight is 399 g/mol. The average Bonchev–Trinajstić information content (AvgIpc) is 3.04. The Morgan fingerprint density at radius 1 is 1.03 bits per heavy atom. The molecule has 0 spiro atoms. The van der Waals surface area contributed by atoms with Crippen LogP contribution in [0.4, 0.5) is 5.82 Å². The van der Waals surface area contributed by atoms with Crippen LogP contribution in [0.5, 0.6) is 0 Å². The van der Waals surface area contributed by atoms with Gasteiger partial charge in [-0.05, 0) is 65.5 Å². The van der Waals surface area contributed by atoms with Crippen LogP contribution in [0.3, 0.4) is 0 Å². The van der Waals surface area contributed by atoms with E-state index in [0.29, 0.717) is 12.2 Å². The number of aryl methyl sites for hydroxylation is 2. The summed E-state index contributed by atoms with van der Waals surface area (Å²) in [6.45, 7) is 13.8. The van der Waals surface area contributed by atoms with Crippen LogP contribution >= 0.6 is 0 Å². The van der Waals surface area contributed by atoms with Crippen LogP contribution in [0.1, 0.15) is 44.5 Å². The quantitative estimate of drug-likeness (QED) is 0.772. The van der Waals surface area contributed by atoms with Gasteiger partial charge >= 0.3 is 0 Å². The van der Waals surface area contributed by atoms with Gasteiger partial charge in [-0.3, -0.25) is 9.88 Å². The highest BCUT2D eigenvalue weighted by Gasteiger charge is 2.25. The molecule has 0 amide bonds. The lowest BCUT2D eigenvalue weighted by Gasteiger charge is -2.37. The Morgan fingerprint density at radius 2 is 1.72 bits per heavy atom. The molecule has 2 aromatic rings. The molecule has 7 nitrogen and oxygen atoms in total. The van der Waals surface area contributed by atoms with Crippen LogP contribution in [-0.2, 0) is 4.74 Å². The largest absolute Gasteiger partial charge is 0.373 e. The molecule has 2 aliphatic heterocycles. The van der Waals surface area contributed by atoms with E-state index in [2.05, 4.69) is 46.7 Å². The summed E-state index contributed by atoms with van der Waals surface area (Å²) in [5.41, 5.74) is 2.08. The highest BCUT2D eigenvalue weighted by molar-refractivity contribution is 5.40. The van der Waals surface area contributed by atoms with E-state index in [0.717, 1.165) is 55.1 Å². The Labute approximate surface area is 174 Å². The molecule has 4 heterocycles. The minimum Gasteiger partial charge on any atom is -0.373 e. The number of piperidine rings is 1. The van der Waals surface area contributed by atoms with E-state index in [4.69, 9.17) is 9.72 Å². The number of hydrogen-bond donors (Lipinski definition) is 0. The molecule has 0 bridgehead atoms. The van der Waals surface area contributed by atoms with Crippen LogP contribution in [0, 0.1) is 19.8 Å². The highest BCUT2D eigenvalue weighted by Crippen LogP contribution is 2.25. The summed E-state index contributed by atoms with van der Waals surface area (Å²) in [5, 5.41) is 4.54. The van der Waals surface area contributed by atoms with Crippen molar-refractivity contribution in [2.45, 2.75) is 59.2 Å². The molecule has 4 rings (SSSR count). The van der Waals surface area contributed by atoms with Crippen LogP contribution in [0.25, 0.3) is 5.82 Å². The molecule has 29 heavy (non-hydrogen) atoms. The van der Waals surface area contributed by atoms with Gasteiger partial charge in [0.15, 0.2) is 5.82 Å². The minimum atomic E-state index is 0.355. The predicted octanol–water partition coefficient (Wildman–Crippen LogP) is 2.99. The topological polar surface area (TPSA) is 59.3 Å². The third kappa shape index (κ3) is 4.95. The third-order valence-corrected chi connectivity index (χ3v) is 6.12. The molecule has 2 aromatic heterocycles. The maximum atomic E-state index is 5.85. The zero-order chi connectivity index (χ0) is 20.4. The molecule has 0 aromatic carbocycles. The monoisotopic (exact) mass is 398 g/mol. The van der Waals surface area contributed by atoms with Crippen LogP contribution in [-0.4, -0.2) is 69.6 Å². The summed E-state index contributed by atoms with van der Waals surface area (Å²) in [6.07, 6.45) is 8.11. The van der Waals surface area contributed by atoms with Gasteiger partial charge in [0.05, 0.1) is 30.3 Å². The number of anilines is 1. The first-order valence-electron chi connectivity index (χ1n) is 11.0. The first kappa shape index (κ1) is 20.3. The molecule has 2 atom stereocenters. The van der Waals surface area contributed by atoms with Gasteiger partial charge in [0.1, 0.15) is 5.82 Å². The number of ether oxygens (including phenoxy) is 1. The summed E-state index contributed by atoms with van der Waals surface area (Å²) < 4.78 is 7.73. The second kappa shape index (κ2) is 8.79. The second-order valence-corrected chi connectivity index (χ2v) is 8.81. The Morgan fingerprint density at radius 3 is 2.38 bits per heavy atom. The number of rotatable bonds is 5. The predicted molar refractivity (Wildman–Crippen MR) is 115 cm³/mol. The van der Waals surface area contributed by atoms with E-state index in [9.17, 15) is 0 Å². The Kier molecular flexibility index (Phi) is 6.15. The van der Waals surface area contributed by atoms with Gasteiger partial charge < -0.3 is 9.64 Å². The van der Waals surface area contributed by atoms with Gasteiger partial charge in [-0.1, -0.05) is 0 Å². The van der Waals surface area contributed by atoms with Gasteiger partial charge in [-0.15, -0.1) is 0 Å². The second-order valence-electron chi connectivity index (χ2n) is 8.81. The molecule has 0 aliphatic carbocycles. The first-order valence-corrected chi connectivity index (χ1v) is 11.0. The van der Waals surface area contributed by atoms with Crippen LogP contribution in [0.15, 0.2) is 18.5 Å². The van der Waals surface area contributed by atoms with E-state index in [1.165, 1.54) is 25.8 Å².